The topological polar surface area (TPSA) is 56.8 Å². The number of benzene rings is 2. The normalized spacial score (nSPS) is 13.7. The summed E-state index contributed by atoms with van der Waals surface area (Å²) in [6, 6.07) is 13.2. The summed E-state index contributed by atoms with van der Waals surface area (Å²) in [6.45, 7) is 4.77. The molecule has 1 N–H and O–H groups in total. The van der Waals surface area contributed by atoms with Crippen molar-refractivity contribution in [2.24, 2.45) is 0 Å². The van der Waals surface area contributed by atoms with E-state index in [0.29, 0.717) is 12.4 Å². The van der Waals surface area contributed by atoms with E-state index in [-0.39, 0.29) is 18.7 Å². The third kappa shape index (κ3) is 4.32. The van der Waals surface area contributed by atoms with E-state index in [1.807, 2.05) is 56.3 Å². The molecule has 1 aliphatic rings. The fraction of sp³-hybridized carbons (Fsp3) is 0.250. The summed E-state index contributed by atoms with van der Waals surface area (Å²) >= 11 is 0. The highest BCUT2D eigenvalue weighted by atomic mass is 16.7. The van der Waals surface area contributed by atoms with Crippen LogP contribution >= 0.6 is 0 Å². The first-order chi connectivity index (χ1) is 12.2. The number of hydrogen-bond acceptors (Lipinski definition) is 4. The lowest BCUT2D eigenvalue weighted by Gasteiger charge is -2.13. The molecule has 0 unspecified atom stereocenters. The molecular weight excluding hydrogens is 318 g/mol. The molecule has 0 spiro atoms. The van der Waals surface area contributed by atoms with Gasteiger partial charge in [0, 0.05) is 6.08 Å². The van der Waals surface area contributed by atoms with Gasteiger partial charge in [-0.25, -0.2) is 0 Å². The molecule has 3 rings (SSSR count). The fourth-order valence-electron chi connectivity index (χ4n) is 2.55. The molecule has 0 saturated heterocycles. The molecule has 0 aromatic heterocycles. The highest BCUT2D eigenvalue weighted by Crippen LogP contribution is 2.32. The highest BCUT2D eigenvalue weighted by Gasteiger charge is 2.12. The molecule has 25 heavy (non-hydrogen) atoms. The molecule has 0 fully saturated rings. The minimum atomic E-state index is -0.154. The second kappa shape index (κ2) is 7.75. The maximum atomic E-state index is 12.1. The van der Waals surface area contributed by atoms with Gasteiger partial charge in [-0.2, -0.15) is 0 Å². The number of rotatable bonds is 6. The number of hydrogen-bond donors (Lipinski definition) is 1. The van der Waals surface area contributed by atoms with Crippen LogP contribution in [0.4, 0.5) is 0 Å². The number of carbonyl (C=O) groups excluding carboxylic acids is 1. The highest BCUT2D eigenvalue weighted by molar-refractivity contribution is 5.92. The van der Waals surface area contributed by atoms with Crippen molar-refractivity contribution < 1.29 is 19.0 Å². The average molecular weight is 339 g/mol. The van der Waals surface area contributed by atoms with Gasteiger partial charge in [0.25, 0.3) is 0 Å². The molecule has 5 heteroatoms. The van der Waals surface area contributed by atoms with Gasteiger partial charge in [-0.3, -0.25) is 4.79 Å². The van der Waals surface area contributed by atoms with E-state index in [4.69, 9.17) is 14.2 Å². The third-order valence-electron chi connectivity index (χ3n) is 3.87. The Balaban J connectivity index is 1.57. The van der Waals surface area contributed by atoms with Crippen molar-refractivity contribution >= 4 is 12.0 Å². The zero-order valence-corrected chi connectivity index (χ0v) is 14.3. The van der Waals surface area contributed by atoms with Crippen molar-refractivity contribution in [2.75, 3.05) is 13.4 Å². The van der Waals surface area contributed by atoms with E-state index in [9.17, 15) is 4.79 Å². The Morgan fingerprint density at radius 3 is 2.72 bits per heavy atom. The van der Waals surface area contributed by atoms with Crippen molar-refractivity contribution in [3.05, 3.63) is 59.7 Å². The Kier molecular flexibility index (Phi) is 5.23. The molecule has 130 valence electrons. The molecule has 2 aromatic carbocycles. The van der Waals surface area contributed by atoms with Crippen LogP contribution in [-0.2, 0) is 4.79 Å². The smallest absolute Gasteiger partial charge is 0.244 e. The molecule has 0 radical (unpaired) electrons. The van der Waals surface area contributed by atoms with Crippen LogP contribution in [0, 0.1) is 0 Å². The molecule has 5 nitrogen and oxygen atoms in total. The Morgan fingerprint density at radius 2 is 1.96 bits per heavy atom. The van der Waals surface area contributed by atoms with Crippen molar-refractivity contribution in [1.82, 2.24) is 5.32 Å². The Morgan fingerprint density at radius 1 is 1.20 bits per heavy atom. The van der Waals surface area contributed by atoms with Gasteiger partial charge < -0.3 is 19.5 Å². The lowest BCUT2D eigenvalue weighted by Crippen LogP contribution is -2.24. The Hall–Kier alpha value is -2.95. The molecule has 1 aliphatic heterocycles. The fourth-order valence-corrected chi connectivity index (χ4v) is 2.55. The lowest BCUT2D eigenvalue weighted by molar-refractivity contribution is -0.117. The predicted octanol–water partition coefficient (Wildman–Crippen LogP) is 3.70. The monoisotopic (exact) mass is 339 g/mol. The SMILES string of the molecule is CCOc1ccc([C@H](C)NC(=O)/C=C/c2ccc3c(c2)OCO3)cc1. The largest absolute Gasteiger partial charge is 0.494 e. The van der Waals surface area contributed by atoms with E-state index in [0.717, 1.165) is 22.6 Å². The van der Waals surface area contributed by atoms with Gasteiger partial charge in [0.1, 0.15) is 5.75 Å². The summed E-state index contributed by atoms with van der Waals surface area (Å²) in [5, 5.41) is 2.95. The molecule has 1 heterocycles. The van der Waals surface area contributed by atoms with Crippen LogP contribution in [0.3, 0.4) is 0 Å². The van der Waals surface area contributed by atoms with Gasteiger partial charge in [-0.05, 0) is 55.3 Å². The van der Waals surface area contributed by atoms with E-state index >= 15 is 0 Å². The van der Waals surface area contributed by atoms with Crippen LogP contribution in [0.25, 0.3) is 6.08 Å². The number of fused-ring (bicyclic) bond motifs is 1. The minimum Gasteiger partial charge on any atom is -0.494 e. The van der Waals surface area contributed by atoms with Crippen molar-refractivity contribution in [3.8, 4) is 17.2 Å². The van der Waals surface area contributed by atoms with E-state index < -0.39 is 0 Å². The van der Waals surface area contributed by atoms with Gasteiger partial charge >= 0.3 is 0 Å². The first-order valence-corrected chi connectivity index (χ1v) is 8.26. The van der Waals surface area contributed by atoms with Gasteiger partial charge in [0.2, 0.25) is 12.7 Å². The zero-order chi connectivity index (χ0) is 17.6. The van der Waals surface area contributed by atoms with Crippen LogP contribution in [-0.4, -0.2) is 19.3 Å². The molecular formula is C20H21NO4. The van der Waals surface area contributed by atoms with Crippen LogP contribution in [0.2, 0.25) is 0 Å². The van der Waals surface area contributed by atoms with Crippen LogP contribution in [0.5, 0.6) is 17.2 Å². The summed E-state index contributed by atoms with van der Waals surface area (Å²) in [5.41, 5.74) is 1.90. The molecule has 1 amide bonds. The number of amides is 1. The third-order valence-corrected chi connectivity index (χ3v) is 3.87. The summed E-state index contributed by atoms with van der Waals surface area (Å²) < 4.78 is 16.0. The van der Waals surface area contributed by atoms with Crippen molar-refractivity contribution in [1.29, 1.82) is 0 Å². The first kappa shape index (κ1) is 16.9. The number of nitrogens with one attached hydrogen (secondary N) is 1. The second-order valence-electron chi connectivity index (χ2n) is 5.68. The van der Waals surface area contributed by atoms with Crippen LogP contribution < -0.4 is 19.5 Å². The van der Waals surface area contributed by atoms with Crippen molar-refractivity contribution in [2.45, 2.75) is 19.9 Å². The van der Waals surface area contributed by atoms with Gasteiger partial charge in [-0.15, -0.1) is 0 Å². The molecule has 0 saturated carbocycles. The summed E-state index contributed by atoms with van der Waals surface area (Å²) in [4.78, 5) is 12.1. The molecule has 2 aromatic rings. The van der Waals surface area contributed by atoms with E-state index in [1.54, 1.807) is 6.08 Å². The lowest BCUT2D eigenvalue weighted by atomic mass is 10.1. The predicted molar refractivity (Wildman–Crippen MR) is 95.8 cm³/mol. The van der Waals surface area contributed by atoms with Gasteiger partial charge in [-0.1, -0.05) is 18.2 Å². The summed E-state index contributed by atoms with van der Waals surface area (Å²) in [6.07, 6.45) is 3.27. The van der Waals surface area contributed by atoms with Gasteiger partial charge in [0.05, 0.1) is 12.6 Å². The average Bonchev–Trinajstić information content (AvgIpc) is 3.08. The maximum absolute atomic E-state index is 12.1. The van der Waals surface area contributed by atoms with E-state index in [1.165, 1.54) is 6.08 Å². The molecule has 1 atom stereocenters. The minimum absolute atomic E-state index is 0.0930. The van der Waals surface area contributed by atoms with Crippen LogP contribution in [0.15, 0.2) is 48.5 Å². The quantitative estimate of drug-likeness (QED) is 0.815. The Labute approximate surface area is 147 Å². The van der Waals surface area contributed by atoms with Gasteiger partial charge in [0.15, 0.2) is 11.5 Å². The Bertz CT molecular complexity index is 768. The van der Waals surface area contributed by atoms with Crippen molar-refractivity contribution in [3.63, 3.8) is 0 Å². The van der Waals surface area contributed by atoms with Crippen LogP contribution in [0.1, 0.15) is 31.0 Å². The van der Waals surface area contributed by atoms with E-state index in [2.05, 4.69) is 5.32 Å². The second-order valence-corrected chi connectivity index (χ2v) is 5.68. The number of ether oxygens (including phenoxy) is 3. The standard InChI is InChI=1S/C20H21NO4/c1-3-23-17-8-6-16(7-9-17)14(2)21-20(22)11-5-15-4-10-18-19(12-15)25-13-24-18/h4-12,14H,3,13H2,1-2H3,(H,21,22)/b11-5+/t14-/m0/s1. The molecule has 0 bridgehead atoms. The summed E-state index contributed by atoms with van der Waals surface area (Å²) in [7, 11) is 0. The zero-order valence-electron chi connectivity index (χ0n) is 14.3. The number of carbonyl (C=O) groups is 1. The summed E-state index contributed by atoms with van der Waals surface area (Å²) in [5.74, 6) is 2.10. The first-order valence-electron chi connectivity index (χ1n) is 8.26. The molecule has 0 aliphatic carbocycles. The maximum Gasteiger partial charge on any atom is 0.244 e.